The Bertz CT molecular complexity index is 1270. The standard InChI is InChI=1S/C27H29Cl5N4O6.ClH/c28-19-20(29)22(31)24(23(32)21(19)30)42-18(37)13-35-25(38)17(10-4-5-11-33)36(26(39)16-9-6-12-34-16)27(40)41-14-15-7-2-1-3-8-15;/h1-3,7-8,16-17,34H,4-6,9-14,33H2,(H,35,38);1H/t16-,17-;/m0./s1. The predicted octanol–water partition coefficient (Wildman–Crippen LogP) is 5.81. The van der Waals surface area contributed by atoms with Crippen molar-refractivity contribution in [3.8, 4) is 5.75 Å². The number of carbonyl (C=O) groups excluding carboxylic acids is 4. The topological polar surface area (TPSA) is 140 Å². The van der Waals surface area contributed by atoms with Crippen molar-refractivity contribution in [2.45, 2.75) is 50.8 Å². The number of benzene rings is 2. The van der Waals surface area contributed by atoms with Gasteiger partial charge in [-0.3, -0.25) is 9.59 Å². The molecule has 0 spiro atoms. The van der Waals surface area contributed by atoms with E-state index in [1.165, 1.54) is 0 Å². The van der Waals surface area contributed by atoms with Crippen LogP contribution >= 0.6 is 70.4 Å². The molecule has 0 aromatic heterocycles. The van der Waals surface area contributed by atoms with Crippen LogP contribution in [0.4, 0.5) is 4.79 Å². The number of halogens is 6. The van der Waals surface area contributed by atoms with E-state index < -0.39 is 42.5 Å². The smallest absolute Gasteiger partial charge is 0.417 e. The van der Waals surface area contributed by atoms with Gasteiger partial charge in [0.1, 0.15) is 29.2 Å². The lowest BCUT2D eigenvalue weighted by Gasteiger charge is -2.30. The van der Waals surface area contributed by atoms with E-state index in [0.29, 0.717) is 37.9 Å². The fraction of sp³-hybridized carbons (Fsp3) is 0.407. The summed E-state index contributed by atoms with van der Waals surface area (Å²) in [5.74, 6) is -2.71. The van der Waals surface area contributed by atoms with Gasteiger partial charge in [-0.1, -0.05) is 88.3 Å². The molecule has 16 heteroatoms. The van der Waals surface area contributed by atoms with Gasteiger partial charge in [0.15, 0.2) is 5.75 Å². The lowest BCUT2D eigenvalue weighted by Crippen LogP contribution is -2.57. The third-order valence-electron chi connectivity index (χ3n) is 6.34. The summed E-state index contributed by atoms with van der Waals surface area (Å²) in [7, 11) is 0. The highest BCUT2D eigenvalue weighted by atomic mass is 35.5. The van der Waals surface area contributed by atoms with Crippen molar-refractivity contribution in [1.29, 1.82) is 0 Å². The van der Waals surface area contributed by atoms with Gasteiger partial charge < -0.3 is 25.8 Å². The summed E-state index contributed by atoms with van der Waals surface area (Å²) >= 11 is 30.2. The summed E-state index contributed by atoms with van der Waals surface area (Å²) in [6.45, 7) is 0.145. The quantitative estimate of drug-likeness (QED) is 0.0822. The normalized spacial score (nSPS) is 14.8. The van der Waals surface area contributed by atoms with E-state index in [1.54, 1.807) is 24.3 Å². The largest absolute Gasteiger partial charge is 0.444 e. The van der Waals surface area contributed by atoms with Gasteiger partial charge in [-0.25, -0.2) is 14.5 Å². The van der Waals surface area contributed by atoms with Crippen LogP contribution in [0.2, 0.25) is 25.1 Å². The summed E-state index contributed by atoms with van der Waals surface area (Å²) in [5, 5.41) is 4.48. The molecule has 0 radical (unpaired) electrons. The minimum Gasteiger partial charge on any atom is -0.444 e. The molecule has 43 heavy (non-hydrogen) atoms. The van der Waals surface area contributed by atoms with Gasteiger partial charge in [-0.2, -0.15) is 0 Å². The Balaban J connectivity index is 0.00000645. The number of esters is 1. The van der Waals surface area contributed by atoms with Gasteiger partial charge in [-0.05, 0) is 50.8 Å². The van der Waals surface area contributed by atoms with E-state index in [2.05, 4.69) is 10.6 Å². The number of nitrogens with zero attached hydrogens (tertiary/aromatic N) is 1. The molecule has 3 rings (SSSR count). The van der Waals surface area contributed by atoms with Crippen molar-refractivity contribution < 1.29 is 28.7 Å². The van der Waals surface area contributed by atoms with Crippen LogP contribution in [0.25, 0.3) is 0 Å². The van der Waals surface area contributed by atoms with Crippen molar-refractivity contribution in [3.05, 3.63) is 61.0 Å². The van der Waals surface area contributed by atoms with Crippen LogP contribution in [-0.2, 0) is 25.7 Å². The molecule has 1 saturated heterocycles. The Kier molecular flexibility index (Phi) is 15.6. The number of imide groups is 1. The van der Waals surface area contributed by atoms with E-state index in [4.69, 9.17) is 73.2 Å². The minimum atomic E-state index is -1.30. The van der Waals surface area contributed by atoms with Crippen LogP contribution in [0.3, 0.4) is 0 Å². The zero-order chi connectivity index (χ0) is 30.8. The third kappa shape index (κ3) is 9.99. The summed E-state index contributed by atoms with van der Waals surface area (Å²) in [4.78, 5) is 53.8. The summed E-state index contributed by atoms with van der Waals surface area (Å²) in [5.41, 5.74) is 6.33. The van der Waals surface area contributed by atoms with Crippen molar-refractivity contribution >= 4 is 94.3 Å². The van der Waals surface area contributed by atoms with Crippen LogP contribution in [0.1, 0.15) is 37.7 Å². The first-order valence-electron chi connectivity index (χ1n) is 13.0. The molecule has 2 atom stereocenters. The molecule has 4 N–H and O–H groups in total. The Morgan fingerprint density at radius 2 is 1.60 bits per heavy atom. The number of unbranched alkanes of at least 4 members (excludes halogenated alkanes) is 1. The Morgan fingerprint density at radius 3 is 2.19 bits per heavy atom. The van der Waals surface area contributed by atoms with E-state index in [1.807, 2.05) is 6.07 Å². The third-order valence-corrected chi connectivity index (χ3v) is 8.58. The van der Waals surface area contributed by atoms with E-state index in [-0.39, 0.29) is 56.3 Å². The van der Waals surface area contributed by atoms with Crippen LogP contribution in [0.15, 0.2) is 30.3 Å². The van der Waals surface area contributed by atoms with Crippen molar-refractivity contribution in [3.63, 3.8) is 0 Å². The SMILES string of the molecule is Cl.NCCCC[C@@H](C(=O)NCC(=O)Oc1c(Cl)c(Cl)c(Cl)c(Cl)c1Cl)N(C(=O)OCc1ccccc1)C(=O)[C@@H]1CCCN1. The number of hydrogen-bond acceptors (Lipinski definition) is 8. The van der Waals surface area contributed by atoms with Crippen molar-refractivity contribution in [2.75, 3.05) is 19.6 Å². The fourth-order valence-corrected chi connectivity index (χ4v) is 5.38. The monoisotopic (exact) mass is 716 g/mol. The second kappa shape index (κ2) is 18.1. The minimum absolute atomic E-state index is 0. The number of nitrogens with two attached hydrogens (primary N) is 1. The maximum absolute atomic E-state index is 13.5. The van der Waals surface area contributed by atoms with Crippen LogP contribution in [0.5, 0.6) is 5.75 Å². The van der Waals surface area contributed by atoms with Gasteiger partial charge in [0.05, 0.1) is 21.1 Å². The maximum atomic E-state index is 13.5. The summed E-state index contributed by atoms with van der Waals surface area (Å²) < 4.78 is 10.7. The Morgan fingerprint density at radius 1 is 0.977 bits per heavy atom. The average Bonchev–Trinajstić information content (AvgIpc) is 3.54. The zero-order valence-corrected chi connectivity index (χ0v) is 27.3. The molecule has 0 unspecified atom stereocenters. The van der Waals surface area contributed by atoms with Crippen LogP contribution < -0.4 is 21.1 Å². The molecule has 3 amide bonds. The van der Waals surface area contributed by atoms with Gasteiger partial charge in [0.2, 0.25) is 11.8 Å². The lowest BCUT2D eigenvalue weighted by atomic mass is 10.1. The molecule has 10 nitrogen and oxygen atoms in total. The summed E-state index contributed by atoms with van der Waals surface area (Å²) in [6.07, 6.45) is 1.25. The van der Waals surface area contributed by atoms with Crippen LogP contribution in [0, 0.1) is 0 Å². The number of ether oxygens (including phenoxy) is 2. The Labute approximate surface area is 280 Å². The van der Waals surface area contributed by atoms with Crippen LogP contribution in [-0.4, -0.2) is 60.5 Å². The molecule has 0 bridgehead atoms. The average molecular weight is 719 g/mol. The number of rotatable bonds is 12. The maximum Gasteiger partial charge on any atom is 0.417 e. The molecule has 2 aromatic carbocycles. The molecule has 0 saturated carbocycles. The predicted molar refractivity (Wildman–Crippen MR) is 169 cm³/mol. The highest BCUT2D eigenvalue weighted by molar-refractivity contribution is 6.55. The lowest BCUT2D eigenvalue weighted by molar-refractivity contribution is -0.141. The second-order valence-electron chi connectivity index (χ2n) is 9.29. The highest BCUT2D eigenvalue weighted by Crippen LogP contribution is 2.48. The second-order valence-corrected chi connectivity index (χ2v) is 11.2. The number of hydrogen-bond donors (Lipinski definition) is 3. The molecule has 2 aromatic rings. The molecular weight excluding hydrogens is 689 g/mol. The van der Waals surface area contributed by atoms with Gasteiger partial charge >= 0.3 is 12.1 Å². The first kappa shape index (κ1) is 37.2. The van der Waals surface area contributed by atoms with E-state index in [0.717, 1.165) is 11.3 Å². The first-order chi connectivity index (χ1) is 20.1. The molecule has 1 heterocycles. The molecule has 1 aliphatic rings. The van der Waals surface area contributed by atoms with Gasteiger partial charge in [0, 0.05) is 0 Å². The molecule has 236 valence electrons. The number of carbonyl (C=O) groups is 4. The fourth-order valence-electron chi connectivity index (χ4n) is 4.18. The van der Waals surface area contributed by atoms with Gasteiger partial charge in [-0.15, -0.1) is 12.4 Å². The van der Waals surface area contributed by atoms with Crippen molar-refractivity contribution in [2.24, 2.45) is 5.73 Å². The van der Waals surface area contributed by atoms with E-state index >= 15 is 0 Å². The zero-order valence-electron chi connectivity index (χ0n) is 22.7. The molecule has 1 fully saturated rings. The molecular formula is C27H30Cl6N4O6. The van der Waals surface area contributed by atoms with Gasteiger partial charge in [0.25, 0.3) is 0 Å². The number of amides is 3. The van der Waals surface area contributed by atoms with E-state index in [9.17, 15) is 19.2 Å². The first-order valence-corrected chi connectivity index (χ1v) is 14.9. The molecule has 0 aliphatic carbocycles. The molecule has 1 aliphatic heterocycles. The van der Waals surface area contributed by atoms with Crippen molar-refractivity contribution in [1.82, 2.24) is 15.5 Å². The Hall–Kier alpha value is -2.02. The summed E-state index contributed by atoms with van der Waals surface area (Å²) in [6, 6.07) is 6.92. The highest BCUT2D eigenvalue weighted by Gasteiger charge is 2.40. The number of nitrogens with one attached hydrogen (secondary N) is 2.